The van der Waals surface area contributed by atoms with Gasteiger partial charge in [-0.1, -0.05) is 6.07 Å². The molecule has 0 amide bonds. The Balaban J connectivity index is 2.38. The van der Waals surface area contributed by atoms with Gasteiger partial charge >= 0.3 is 0 Å². The normalized spacial score (nSPS) is 12.0. The topological polar surface area (TPSA) is 84.5 Å². The molecule has 106 valence electrons. The van der Waals surface area contributed by atoms with E-state index in [9.17, 15) is 5.11 Å². The summed E-state index contributed by atoms with van der Waals surface area (Å²) in [5.74, 6) is 1.17. The van der Waals surface area contributed by atoms with Crippen molar-refractivity contribution in [1.29, 1.82) is 0 Å². The van der Waals surface area contributed by atoms with Gasteiger partial charge in [0, 0.05) is 12.6 Å². The molecule has 20 heavy (non-hydrogen) atoms. The van der Waals surface area contributed by atoms with Gasteiger partial charge in [0.25, 0.3) is 0 Å². The van der Waals surface area contributed by atoms with Crippen molar-refractivity contribution < 1.29 is 9.84 Å². The van der Waals surface area contributed by atoms with Crippen molar-refractivity contribution in [2.24, 2.45) is 0 Å². The largest absolute Gasteiger partial charge is 0.494 e. The second-order valence-electron chi connectivity index (χ2n) is 4.43. The lowest BCUT2D eigenvalue weighted by Crippen LogP contribution is -2.28. The molecule has 0 spiro atoms. The molecule has 3 N–H and O–H groups in total. The molecule has 0 fully saturated rings. The maximum Gasteiger partial charge on any atom is 0.151 e. The number of nitrogens with two attached hydrogens (primary N) is 1. The van der Waals surface area contributed by atoms with Gasteiger partial charge in [0.1, 0.15) is 12.0 Å². The van der Waals surface area contributed by atoms with Crippen LogP contribution in [0.25, 0.3) is 11.3 Å². The van der Waals surface area contributed by atoms with Gasteiger partial charge in [-0.25, -0.2) is 4.98 Å². The molecule has 0 aliphatic carbocycles. The molecular weight excluding hydrogens is 256 g/mol. The number of rotatable bonds is 4. The number of aliphatic hydroxyl groups excluding tert-OH is 1. The fourth-order valence-corrected chi connectivity index (χ4v) is 1.82. The number of methoxy groups -OCH3 is 1. The van der Waals surface area contributed by atoms with E-state index >= 15 is 0 Å². The quantitative estimate of drug-likeness (QED) is 0.649. The minimum Gasteiger partial charge on any atom is -0.494 e. The first-order valence-corrected chi connectivity index (χ1v) is 6.20. The number of aliphatic hydroxyl groups is 1. The van der Waals surface area contributed by atoms with E-state index in [0.717, 1.165) is 5.56 Å². The lowest BCUT2D eigenvalue weighted by Gasteiger charge is -2.20. The van der Waals surface area contributed by atoms with E-state index in [-0.39, 0.29) is 0 Å². The molecule has 1 aromatic carbocycles. The van der Waals surface area contributed by atoms with Gasteiger partial charge in [-0.2, -0.15) is 0 Å². The van der Waals surface area contributed by atoms with Crippen LogP contribution in [-0.2, 0) is 0 Å². The van der Waals surface area contributed by atoms with Gasteiger partial charge in [0.2, 0.25) is 0 Å². The number of ether oxygens (including phenoxy) is 1. The van der Waals surface area contributed by atoms with Crippen LogP contribution in [0, 0.1) is 0 Å². The highest BCUT2D eigenvalue weighted by Gasteiger charge is 2.12. The van der Waals surface area contributed by atoms with Crippen molar-refractivity contribution >= 4 is 11.5 Å². The first kappa shape index (κ1) is 14.1. The molecule has 0 aliphatic heterocycles. The van der Waals surface area contributed by atoms with Crippen molar-refractivity contribution in [3.8, 4) is 17.0 Å². The van der Waals surface area contributed by atoms with Crippen LogP contribution in [0.5, 0.6) is 5.75 Å². The number of hydrogen-bond acceptors (Lipinski definition) is 6. The zero-order valence-corrected chi connectivity index (χ0v) is 11.7. The molecule has 0 aliphatic rings. The van der Waals surface area contributed by atoms with Gasteiger partial charge in [-0.3, -0.25) is 4.98 Å². The molecule has 1 heterocycles. The number of aromatic nitrogens is 2. The predicted molar refractivity (Wildman–Crippen MR) is 78.5 cm³/mol. The van der Waals surface area contributed by atoms with Crippen LogP contribution in [0.3, 0.4) is 0 Å². The summed E-state index contributed by atoms with van der Waals surface area (Å²) in [7, 11) is 3.31. The second-order valence-corrected chi connectivity index (χ2v) is 4.43. The average Bonchev–Trinajstić information content (AvgIpc) is 2.46. The van der Waals surface area contributed by atoms with Gasteiger partial charge in [0.05, 0.1) is 30.9 Å². The third-order valence-electron chi connectivity index (χ3n) is 3.09. The number of anilines is 2. The monoisotopic (exact) mass is 274 g/mol. The molecule has 1 atom stereocenters. The van der Waals surface area contributed by atoms with E-state index in [0.29, 0.717) is 22.9 Å². The van der Waals surface area contributed by atoms with Crippen molar-refractivity contribution in [2.45, 2.75) is 13.2 Å². The van der Waals surface area contributed by atoms with E-state index < -0.39 is 6.23 Å². The average molecular weight is 274 g/mol. The highest BCUT2D eigenvalue weighted by Crippen LogP contribution is 2.33. The molecule has 1 unspecified atom stereocenters. The molecule has 0 saturated heterocycles. The van der Waals surface area contributed by atoms with Gasteiger partial charge in [-0.05, 0) is 19.1 Å². The maximum absolute atomic E-state index is 9.50. The number of nitrogens with zero attached hydrogens (tertiary/aromatic N) is 3. The fourth-order valence-electron chi connectivity index (χ4n) is 1.82. The van der Waals surface area contributed by atoms with Crippen LogP contribution in [0.15, 0.2) is 30.6 Å². The minimum absolute atomic E-state index is 0.553. The Bertz CT molecular complexity index is 584. The molecule has 0 saturated carbocycles. The van der Waals surface area contributed by atoms with E-state index in [1.54, 1.807) is 44.4 Å². The van der Waals surface area contributed by atoms with Crippen molar-refractivity contribution in [1.82, 2.24) is 9.97 Å². The first-order chi connectivity index (χ1) is 9.54. The summed E-state index contributed by atoms with van der Waals surface area (Å²) in [6.07, 6.45) is 2.60. The molecule has 0 radical (unpaired) electrons. The Hall–Kier alpha value is -2.34. The van der Waals surface area contributed by atoms with Crippen molar-refractivity contribution in [2.75, 3.05) is 24.8 Å². The van der Waals surface area contributed by atoms with E-state index in [2.05, 4.69) is 9.97 Å². The van der Waals surface area contributed by atoms with Crippen molar-refractivity contribution in [3.63, 3.8) is 0 Å². The molecule has 6 heteroatoms. The summed E-state index contributed by atoms with van der Waals surface area (Å²) in [6, 6.07) is 5.48. The van der Waals surface area contributed by atoms with Gasteiger partial charge in [-0.15, -0.1) is 0 Å². The van der Waals surface area contributed by atoms with Crippen LogP contribution >= 0.6 is 0 Å². The van der Waals surface area contributed by atoms with E-state index in [1.807, 2.05) is 12.1 Å². The van der Waals surface area contributed by atoms with Crippen LogP contribution in [0.2, 0.25) is 0 Å². The first-order valence-electron chi connectivity index (χ1n) is 6.20. The molecule has 6 nitrogen and oxygen atoms in total. The standard InChI is InChI=1S/C14H18N4O2/c1-9(19)18(2)13-8-16-12(7-17-13)10-5-4-6-11(15)14(10)20-3/h4-9,19H,15H2,1-3H3. The van der Waals surface area contributed by atoms with Gasteiger partial charge in [0.15, 0.2) is 5.75 Å². The molecule has 0 bridgehead atoms. The molecule has 1 aromatic heterocycles. The zero-order valence-electron chi connectivity index (χ0n) is 11.7. The van der Waals surface area contributed by atoms with Crippen molar-refractivity contribution in [3.05, 3.63) is 30.6 Å². The Morgan fingerprint density at radius 3 is 2.60 bits per heavy atom. The number of nitrogen functional groups attached to an aromatic ring is 1. The van der Waals surface area contributed by atoms with Gasteiger partial charge < -0.3 is 20.5 Å². The van der Waals surface area contributed by atoms with E-state index in [4.69, 9.17) is 10.5 Å². The summed E-state index contributed by atoms with van der Waals surface area (Å²) in [6.45, 7) is 1.66. The van der Waals surface area contributed by atoms with Crippen LogP contribution in [-0.4, -0.2) is 35.5 Å². The molecular formula is C14H18N4O2. The third-order valence-corrected chi connectivity index (χ3v) is 3.09. The Morgan fingerprint density at radius 1 is 1.30 bits per heavy atom. The van der Waals surface area contributed by atoms with Crippen LogP contribution in [0.4, 0.5) is 11.5 Å². The zero-order chi connectivity index (χ0) is 14.7. The number of para-hydroxylation sites is 1. The molecule has 2 rings (SSSR count). The second kappa shape index (κ2) is 5.75. The Morgan fingerprint density at radius 2 is 2.05 bits per heavy atom. The fraction of sp³-hybridized carbons (Fsp3) is 0.286. The van der Waals surface area contributed by atoms with Crippen LogP contribution < -0.4 is 15.4 Å². The van der Waals surface area contributed by atoms with E-state index in [1.165, 1.54) is 0 Å². The molecule has 2 aromatic rings. The summed E-state index contributed by atoms with van der Waals surface area (Å²) in [5, 5.41) is 9.50. The third kappa shape index (κ3) is 2.65. The lowest BCUT2D eigenvalue weighted by atomic mass is 10.1. The summed E-state index contributed by atoms with van der Waals surface area (Å²) < 4.78 is 5.30. The summed E-state index contributed by atoms with van der Waals surface area (Å²) in [4.78, 5) is 10.3. The predicted octanol–water partition coefficient (Wildman–Crippen LogP) is 1.51. The lowest BCUT2D eigenvalue weighted by molar-refractivity contribution is 0.194. The highest BCUT2D eigenvalue weighted by atomic mass is 16.5. The summed E-state index contributed by atoms with van der Waals surface area (Å²) in [5.41, 5.74) is 7.87. The maximum atomic E-state index is 9.50. The Labute approximate surface area is 117 Å². The highest BCUT2D eigenvalue weighted by molar-refractivity contribution is 5.74. The van der Waals surface area contributed by atoms with Crippen LogP contribution in [0.1, 0.15) is 6.92 Å². The number of benzene rings is 1. The Kier molecular flexibility index (Phi) is 4.05. The number of hydrogen-bond donors (Lipinski definition) is 2. The smallest absolute Gasteiger partial charge is 0.151 e. The summed E-state index contributed by atoms with van der Waals surface area (Å²) >= 11 is 0. The SMILES string of the molecule is COc1c(N)cccc1-c1cnc(N(C)C(C)O)cn1. The minimum atomic E-state index is -0.628.